The summed E-state index contributed by atoms with van der Waals surface area (Å²) >= 11 is 0. The summed E-state index contributed by atoms with van der Waals surface area (Å²) in [5.41, 5.74) is -1.45. The Kier molecular flexibility index (Phi) is 6.73. The number of hydrogen-bond acceptors (Lipinski definition) is 8. The average Bonchev–Trinajstić information content (AvgIpc) is 3.78. The van der Waals surface area contributed by atoms with Crippen LogP contribution in [0.4, 0.5) is 5.82 Å². The molecule has 4 unspecified atom stereocenters. The number of aromatic nitrogens is 1. The maximum absolute atomic E-state index is 14.1. The lowest BCUT2D eigenvalue weighted by Crippen LogP contribution is -2.57. The monoisotopic (exact) mass is 570 g/mol. The molecule has 5 aliphatic rings. The molecule has 12 nitrogen and oxygen atoms in total. The van der Waals surface area contributed by atoms with Crippen molar-refractivity contribution in [3.05, 3.63) is 18.3 Å². The number of fused-ring (bicyclic) bond motifs is 1. The van der Waals surface area contributed by atoms with E-state index in [0.717, 1.165) is 25.7 Å². The molecule has 0 bridgehead atoms. The van der Waals surface area contributed by atoms with Crippen molar-refractivity contribution in [1.29, 1.82) is 5.26 Å². The predicted molar refractivity (Wildman–Crippen MR) is 142 cm³/mol. The summed E-state index contributed by atoms with van der Waals surface area (Å²) < 4.78 is 34.2. The van der Waals surface area contributed by atoms with Crippen LogP contribution >= 0.6 is 0 Å². The molecule has 4 atom stereocenters. The maximum Gasteiger partial charge on any atom is 0.271 e. The van der Waals surface area contributed by atoms with Crippen molar-refractivity contribution in [2.45, 2.75) is 86.8 Å². The highest BCUT2D eigenvalue weighted by atomic mass is 32.2. The molecule has 13 heteroatoms. The van der Waals surface area contributed by atoms with Crippen molar-refractivity contribution in [2.24, 2.45) is 11.8 Å². The Bertz CT molecular complexity index is 1370. The van der Waals surface area contributed by atoms with Gasteiger partial charge in [0.25, 0.3) is 5.91 Å². The summed E-state index contributed by atoms with van der Waals surface area (Å²) in [6, 6.07) is 2.72. The van der Waals surface area contributed by atoms with Crippen LogP contribution < -0.4 is 14.8 Å². The van der Waals surface area contributed by atoms with E-state index in [1.165, 1.54) is 23.0 Å². The second-order valence-electron chi connectivity index (χ2n) is 12.0. The Hall–Kier alpha value is -3.24. The van der Waals surface area contributed by atoms with Crippen molar-refractivity contribution in [2.75, 3.05) is 18.9 Å². The lowest BCUT2D eigenvalue weighted by molar-refractivity contribution is -0.147. The lowest BCUT2D eigenvalue weighted by Gasteiger charge is -2.35. The predicted octanol–water partition coefficient (Wildman–Crippen LogP) is 1.15. The van der Waals surface area contributed by atoms with Crippen LogP contribution in [0.3, 0.4) is 0 Å². The van der Waals surface area contributed by atoms with Gasteiger partial charge in [-0.15, -0.1) is 0 Å². The van der Waals surface area contributed by atoms with Gasteiger partial charge in [0.1, 0.15) is 18.1 Å². The van der Waals surface area contributed by atoms with E-state index in [4.69, 9.17) is 4.74 Å². The Morgan fingerprint density at radius 2 is 1.95 bits per heavy atom. The Labute approximate surface area is 233 Å². The summed E-state index contributed by atoms with van der Waals surface area (Å²) in [7, 11) is -2.08. The van der Waals surface area contributed by atoms with Gasteiger partial charge in [-0.05, 0) is 49.7 Å². The molecule has 1 saturated heterocycles. The highest BCUT2D eigenvalue weighted by molar-refractivity contribution is 7.90. The van der Waals surface area contributed by atoms with Gasteiger partial charge < -0.3 is 19.9 Å². The number of amides is 3. The zero-order chi connectivity index (χ0) is 28.2. The number of carbonyl (C=O) groups excluding carboxylic acids is 3. The van der Waals surface area contributed by atoms with Crippen LogP contribution in [0.15, 0.2) is 18.3 Å². The number of nitriles is 1. The molecule has 3 heterocycles. The molecule has 6 rings (SSSR count). The fourth-order valence-electron chi connectivity index (χ4n) is 5.75. The smallest absolute Gasteiger partial charge is 0.271 e. The third kappa shape index (κ3) is 5.26. The van der Waals surface area contributed by atoms with Gasteiger partial charge in [0.05, 0.1) is 17.9 Å². The van der Waals surface area contributed by atoms with Crippen LogP contribution in [-0.2, 0) is 24.4 Å². The van der Waals surface area contributed by atoms with Crippen molar-refractivity contribution < 1.29 is 27.5 Å². The molecule has 0 aromatic carbocycles. The first-order valence-electron chi connectivity index (χ1n) is 14.0. The Morgan fingerprint density at radius 1 is 1.25 bits per heavy atom. The van der Waals surface area contributed by atoms with E-state index in [2.05, 4.69) is 21.1 Å². The summed E-state index contributed by atoms with van der Waals surface area (Å²) in [5, 5.41) is 12.3. The molecule has 214 valence electrons. The largest absolute Gasteiger partial charge is 0.472 e. The molecule has 40 heavy (non-hydrogen) atoms. The lowest BCUT2D eigenvalue weighted by atomic mass is 9.97. The number of anilines is 1. The van der Waals surface area contributed by atoms with Crippen LogP contribution in [0.1, 0.15) is 57.8 Å². The minimum absolute atomic E-state index is 0.0191. The van der Waals surface area contributed by atoms with E-state index in [1.54, 1.807) is 12.1 Å². The van der Waals surface area contributed by atoms with Gasteiger partial charge in [0.2, 0.25) is 27.4 Å². The third-order valence-corrected chi connectivity index (χ3v) is 10.6. The summed E-state index contributed by atoms with van der Waals surface area (Å²) in [4.78, 5) is 47.9. The van der Waals surface area contributed by atoms with E-state index in [0.29, 0.717) is 31.4 Å². The van der Waals surface area contributed by atoms with Crippen LogP contribution in [-0.4, -0.2) is 83.5 Å². The van der Waals surface area contributed by atoms with Crippen molar-refractivity contribution >= 4 is 33.6 Å². The van der Waals surface area contributed by atoms with Crippen LogP contribution in [0, 0.1) is 23.2 Å². The molecule has 2 N–H and O–H groups in total. The molecule has 1 aromatic rings. The number of nitrogens with zero attached hydrogens (tertiary/aromatic N) is 4. The Morgan fingerprint density at radius 3 is 2.60 bits per heavy atom. The standard InChI is InChI=1S/C27H34N6O6S/c1-32(24(34)20(11-16-4-5-16)31-40(37,38)19-8-9-19)21(12-17-6-7-17)25(35)33-15-27(13-18(33)14-28)26(36)30-23-22(39-27)3-2-10-29-23/h2-3,10,16-21,31H,4-9,11-13,15H2,1H3,(H,29,30,36). The first kappa shape index (κ1) is 27.0. The Balaban J connectivity index is 1.23. The second kappa shape index (κ2) is 9.99. The van der Waals surface area contributed by atoms with Gasteiger partial charge in [-0.25, -0.2) is 18.1 Å². The number of rotatable bonds is 10. The molecule has 3 saturated carbocycles. The third-order valence-electron chi connectivity index (χ3n) is 8.67. The number of pyridine rings is 1. The molecule has 1 spiro atoms. The normalized spacial score (nSPS) is 27.2. The quantitative estimate of drug-likeness (QED) is 0.423. The van der Waals surface area contributed by atoms with E-state index in [1.807, 2.05) is 0 Å². The van der Waals surface area contributed by atoms with Crippen molar-refractivity contribution in [3.8, 4) is 11.8 Å². The molecule has 3 amide bonds. The van der Waals surface area contributed by atoms with Crippen molar-refractivity contribution in [1.82, 2.24) is 19.5 Å². The number of carbonyl (C=O) groups is 3. The van der Waals surface area contributed by atoms with Gasteiger partial charge >= 0.3 is 0 Å². The fourth-order valence-corrected chi connectivity index (χ4v) is 7.29. The summed E-state index contributed by atoms with van der Waals surface area (Å²) in [5.74, 6) is -0.166. The number of likely N-dealkylation sites (tertiary alicyclic amines) is 1. The number of likely N-dealkylation sites (N-methyl/N-ethyl adjacent to an activating group) is 1. The maximum atomic E-state index is 14.1. The van der Waals surface area contributed by atoms with E-state index in [-0.39, 0.29) is 30.6 Å². The fraction of sp³-hybridized carbons (Fsp3) is 0.667. The van der Waals surface area contributed by atoms with Gasteiger partial charge in [0, 0.05) is 19.7 Å². The first-order valence-corrected chi connectivity index (χ1v) is 15.6. The van der Waals surface area contributed by atoms with Crippen LogP contribution in [0.5, 0.6) is 5.75 Å². The van der Waals surface area contributed by atoms with E-state index < -0.39 is 56.7 Å². The zero-order valence-electron chi connectivity index (χ0n) is 22.4. The molecule has 3 aliphatic carbocycles. The van der Waals surface area contributed by atoms with Crippen LogP contribution in [0.25, 0.3) is 0 Å². The highest BCUT2D eigenvalue weighted by Crippen LogP contribution is 2.41. The molecule has 2 aliphatic heterocycles. The summed E-state index contributed by atoms with van der Waals surface area (Å²) in [6.45, 7) is -0.146. The van der Waals surface area contributed by atoms with Gasteiger partial charge in [0.15, 0.2) is 11.6 Å². The van der Waals surface area contributed by atoms with E-state index >= 15 is 0 Å². The summed E-state index contributed by atoms with van der Waals surface area (Å²) in [6.07, 6.45) is 7.25. The number of nitrogens with one attached hydrogen (secondary N) is 2. The highest BCUT2D eigenvalue weighted by Gasteiger charge is 2.57. The van der Waals surface area contributed by atoms with Gasteiger partial charge in [-0.1, -0.05) is 25.7 Å². The van der Waals surface area contributed by atoms with Gasteiger partial charge in [-0.2, -0.15) is 5.26 Å². The number of hydrogen-bond donors (Lipinski definition) is 2. The zero-order valence-corrected chi connectivity index (χ0v) is 23.2. The van der Waals surface area contributed by atoms with Crippen LogP contribution in [0.2, 0.25) is 0 Å². The molecule has 0 radical (unpaired) electrons. The van der Waals surface area contributed by atoms with Crippen molar-refractivity contribution in [3.63, 3.8) is 0 Å². The molecular weight excluding hydrogens is 536 g/mol. The number of ether oxygens (including phenoxy) is 1. The average molecular weight is 571 g/mol. The minimum atomic E-state index is -3.62. The molecular formula is C27H34N6O6S. The molecule has 4 fully saturated rings. The molecule has 1 aromatic heterocycles. The topological polar surface area (TPSA) is 162 Å². The van der Waals surface area contributed by atoms with Gasteiger partial charge in [-0.3, -0.25) is 14.4 Å². The first-order chi connectivity index (χ1) is 19.1. The van der Waals surface area contributed by atoms with E-state index in [9.17, 15) is 28.1 Å². The number of sulfonamides is 1. The second-order valence-corrected chi connectivity index (χ2v) is 13.9. The minimum Gasteiger partial charge on any atom is -0.472 e. The SMILES string of the molecule is CN(C(=O)C(CC1CC1)NS(=O)(=O)C1CC1)C(CC1CC1)C(=O)N1CC2(CC1C#N)Oc1cccnc1NC2=O.